The summed E-state index contributed by atoms with van der Waals surface area (Å²) in [5, 5.41) is 8.86. The van der Waals surface area contributed by atoms with Crippen molar-refractivity contribution in [3.8, 4) is 0 Å². The first-order valence-electron chi connectivity index (χ1n) is 10.7. The van der Waals surface area contributed by atoms with Crippen molar-refractivity contribution in [3.05, 3.63) is 95.6 Å². The van der Waals surface area contributed by atoms with E-state index >= 15 is 0 Å². The van der Waals surface area contributed by atoms with E-state index in [0.29, 0.717) is 11.4 Å². The SMILES string of the molecule is COC(=O)Nc1ccc(C(CCNCc2ccccc2)c2ccc(NC(=O)OC)cc2)cc1.Cl. The summed E-state index contributed by atoms with van der Waals surface area (Å²) in [5.74, 6) is 0.132. The molecule has 0 bridgehead atoms. The van der Waals surface area contributed by atoms with E-state index in [0.717, 1.165) is 30.6 Å². The maximum atomic E-state index is 11.5. The third kappa shape index (κ3) is 8.10. The van der Waals surface area contributed by atoms with Crippen LogP contribution in [-0.4, -0.2) is 33.0 Å². The van der Waals surface area contributed by atoms with Crippen LogP contribution in [0.5, 0.6) is 0 Å². The van der Waals surface area contributed by atoms with Gasteiger partial charge in [-0.2, -0.15) is 0 Å². The van der Waals surface area contributed by atoms with Crippen LogP contribution >= 0.6 is 12.4 Å². The maximum Gasteiger partial charge on any atom is 0.411 e. The lowest BCUT2D eigenvalue weighted by atomic mass is 9.88. The van der Waals surface area contributed by atoms with E-state index in [4.69, 9.17) is 0 Å². The average molecular weight is 484 g/mol. The zero-order chi connectivity index (χ0) is 23.5. The Hall–Kier alpha value is -3.55. The molecule has 0 spiro atoms. The van der Waals surface area contributed by atoms with Crippen molar-refractivity contribution in [1.82, 2.24) is 5.32 Å². The monoisotopic (exact) mass is 483 g/mol. The Morgan fingerprint density at radius 3 is 1.65 bits per heavy atom. The molecule has 180 valence electrons. The molecule has 0 aliphatic carbocycles. The molecule has 0 radical (unpaired) electrons. The number of halogens is 1. The summed E-state index contributed by atoms with van der Waals surface area (Å²) >= 11 is 0. The molecule has 0 heterocycles. The standard InChI is InChI=1S/C26H29N3O4.ClH/c1-32-25(30)28-22-12-8-20(9-13-22)24(16-17-27-18-19-6-4-3-5-7-19)21-10-14-23(15-11-21)29-26(31)33-2;/h3-15,24,27H,16-18H2,1-2H3,(H,28,30)(H,29,31);1H. The van der Waals surface area contributed by atoms with Gasteiger partial charge in [-0.1, -0.05) is 54.6 Å². The van der Waals surface area contributed by atoms with Crippen LogP contribution in [0.25, 0.3) is 0 Å². The first kappa shape index (κ1) is 26.7. The fourth-order valence-corrected chi connectivity index (χ4v) is 3.54. The molecule has 2 amide bonds. The number of hydrogen-bond acceptors (Lipinski definition) is 5. The number of rotatable bonds is 9. The first-order chi connectivity index (χ1) is 16.1. The highest BCUT2D eigenvalue weighted by Crippen LogP contribution is 2.30. The topological polar surface area (TPSA) is 88.7 Å². The maximum absolute atomic E-state index is 11.5. The van der Waals surface area contributed by atoms with Crippen molar-refractivity contribution < 1.29 is 19.1 Å². The first-order valence-corrected chi connectivity index (χ1v) is 10.7. The molecule has 0 aliphatic heterocycles. The molecule has 3 rings (SSSR count). The quantitative estimate of drug-likeness (QED) is 0.336. The minimum atomic E-state index is -0.502. The molecule has 0 saturated heterocycles. The Kier molecular flexibility index (Phi) is 10.9. The Morgan fingerprint density at radius 2 is 1.21 bits per heavy atom. The van der Waals surface area contributed by atoms with Crippen LogP contribution in [0.1, 0.15) is 29.0 Å². The Labute approximate surface area is 206 Å². The van der Waals surface area contributed by atoms with Gasteiger partial charge in [-0.05, 0) is 53.9 Å². The van der Waals surface area contributed by atoms with Crippen LogP contribution in [0.2, 0.25) is 0 Å². The number of benzene rings is 3. The number of carbonyl (C=O) groups is 2. The number of hydrogen-bond donors (Lipinski definition) is 3. The highest BCUT2D eigenvalue weighted by Gasteiger charge is 2.15. The zero-order valence-corrected chi connectivity index (χ0v) is 20.1. The Morgan fingerprint density at radius 1 is 0.735 bits per heavy atom. The number of anilines is 2. The van der Waals surface area contributed by atoms with Crippen molar-refractivity contribution in [2.24, 2.45) is 0 Å². The van der Waals surface area contributed by atoms with Crippen molar-refractivity contribution >= 4 is 36.0 Å². The third-order valence-electron chi connectivity index (χ3n) is 5.27. The van der Waals surface area contributed by atoms with Gasteiger partial charge in [-0.25, -0.2) is 9.59 Å². The molecule has 7 nitrogen and oxygen atoms in total. The molecule has 3 aromatic rings. The summed E-state index contributed by atoms with van der Waals surface area (Å²) in [6, 6.07) is 25.8. The number of carbonyl (C=O) groups excluding carboxylic acids is 2. The van der Waals surface area contributed by atoms with Crippen molar-refractivity contribution in [2.45, 2.75) is 18.9 Å². The van der Waals surface area contributed by atoms with Crippen molar-refractivity contribution in [2.75, 3.05) is 31.4 Å². The van der Waals surface area contributed by atoms with E-state index in [1.807, 2.05) is 66.7 Å². The lowest BCUT2D eigenvalue weighted by molar-refractivity contribution is 0.186. The normalized spacial score (nSPS) is 10.2. The molecular formula is C26H30ClN3O4. The Bertz CT molecular complexity index is 967. The largest absolute Gasteiger partial charge is 0.453 e. The number of nitrogens with one attached hydrogen (secondary N) is 3. The second kappa shape index (κ2) is 13.9. The van der Waals surface area contributed by atoms with Gasteiger partial charge < -0.3 is 14.8 Å². The van der Waals surface area contributed by atoms with Crippen LogP contribution in [0.3, 0.4) is 0 Å². The molecule has 0 unspecified atom stereocenters. The number of methoxy groups -OCH3 is 2. The number of amides is 2. The summed E-state index contributed by atoms with van der Waals surface area (Å²) in [7, 11) is 2.67. The Balaban J connectivity index is 0.00000408. The van der Waals surface area contributed by atoms with Crippen molar-refractivity contribution in [3.63, 3.8) is 0 Å². The number of ether oxygens (including phenoxy) is 2. The molecule has 3 N–H and O–H groups in total. The summed E-state index contributed by atoms with van der Waals surface area (Å²) in [6.07, 6.45) is -0.128. The molecule has 0 aliphatic rings. The lowest BCUT2D eigenvalue weighted by Gasteiger charge is -2.20. The second-order valence-electron chi connectivity index (χ2n) is 7.48. The summed E-state index contributed by atoms with van der Waals surface area (Å²) in [5.41, 5.74) is 4.83. The van der Waals surface area contributed by atoms with Crippen LogP contribution in [0.4, 0.5) is 21.0 Å². The highest BCUT2D eigenvalue weighted by molar-refractivity contribution is 5.85. The average Bonchev–Trinajstić information content (AvgIpc) is 2.86. The van der Waals surface area contributed by atoms with Crippen molar-refractivity contribution in [1.29, 1.82) is 0 Å². The zero-order valence-electron chi connectivity index (χ0n) is 19.2. The van der Waals surface area contributed by atoms with E-state index in [-0.39, 0.29) is 18.3 Å². The van der Waals surface area contributed by atoms with Crippen LogP contribution in [0, 0.1) is 0 Å². The van der Waals surface area contributed by atoms with Gasteiger partial charge in [-0.3, -0.25) is 10.6 Å². The minimum absolute atomic E-state index is 0. The molecular weight excluding hydrogens is 454 g/mol. The fourth-order valence-electron chi connectivity index (χ4n) is 3.54. The van der Waals surface area contributed by atoms with E-state index in [1.165, 1.54) is 19.8 Å². The molecule has 0 saturated carbocycles. The molecule has 0 fully saturated rings. The molecule has 3 aromatic carbocycles. The van der Waals surface area contributed by atoms with E-state index in [2.05, 4.69) is 37.6 Å². The summed E-state index contributed by atoms with van der Waals surface area (Å²) in [6.45, 7) is 1.63. The molecule has 0 aromatic heterocycles. The van der Waals surface area contributed by atoms with Gasteiger partial charge in [0, 0.05) is 23.8 Å². The van der Waals surface area contributed by atoms with Gasteiger partial charge in [0.1, 0.15) is 0 Å². The highest BCUT2D eigenvalue weighted by atomic mass is 35.5. The predicted molar refractivity (Wildman–Crippen MR) is 137 cm³/mol. The van der Waals surface area contributed by atoms with E-state index < -0.39 is 12.2 Å². The fraction of sp³-hybridized carbons (Fsp3) is 0.231. The van der Waals surface area contributed by atoms with Gasteiger partial charge in [0.2, 0.25) is 0 Å². The van der Waals surface area contributed by atoms with Gasteiger partial charge in [0.25, 0.3) is 0 Å². The predicted octanol–water partition coefficient (Wildman–Crippen LogP) is 5.78. The van der Waals surface area contributed by atoms with Gasteiger partial charge in [0.15, 0.2) is 0 Å². The van der Waals surface area contributed by atoms with Crippen LogP contribution in [0.15, 0.2) is 78.9 Å². The summed E-state index contributed by atoms with van der Waals surface area (Å²) in [4.78, 5) is 22.9. The third-order valence-corrected chi connectivity index (χ3v) is 5.27. The lowest BCUT2D eigenvalue weighted by Crippen LogP contribution is -2.18. The smallest absolute Gasteiger partial charge is 0.411 e. The molecule has 34 heavy (non-hydrogen) atoms. The molecule has 8 heteroatoms. The molecule has 0 atom stereocenters. The van der Waals surface area contributed by atoms with Crippen LogP contribution < -0.4 is 16.0 Å². The van der Waals surface area contributed by atoms with Gasteiger partial charge in [-0.15, -0.1) is 12.4 Å². The van der Waals surface area contributed by atoms with Crippen LogP contribution in [-0.2, 0) is 16.0 Å². The van der Waals surface area contributed by atoms with E-state index in [9.17, 15) is 9.59 Å². The van der Waals surface area contributed by atoms with E-state index in [1.54, 1.807) is 0 Å². The second-order valence-corrected chi connectivity index (χ2v) is 7.48. The minimum Gasteiger partial charge on any atom is -0.453 e. The van der Waals surface area contributed by atoms with Gasteiger partial charge in [0.05, 0.1) is 14.2 Å². The van der Waals surface area contributed by atoms with Gasteiger partial charge >= 0.3 is 12.2 Å². The summed E-state index contributed by atoms with van der Waals surface area (Å²) < 4.78 is 9.31.